The topological polar surface area (TPSA) is 65.7 Å². The fourth-order valence-corrected chi connectivity index (χ4v) is 3.01. The summed E-state index contributed by atoms with van der Waals surface area (Å²) in [5.74, 6) is -0.824. The molecule has 29 heavy (non-hydrogen) atoms. The highest BCUT2D eigenvalue weighted by atomic mass is 19.1. The molecule has 0 unspecified atom stereocenters. The normalized spacial score (nSPS) is 10.7. The van der Waals surface area contributed by atoms with Gasteiger partial charge in [0.05, 0.1) is 23.6 Å². The number of rotatable bonds is 4. The molecule has 0 saturated carbocycles. The average Bonchev–Trinajstić information content (AvgIpc) is 2.74. The van der Waals surface area contributed by atoms with Crippen molar-refractivity contribution in [2.75, 3.05) is 7.11 Å². The van der Waals surface area contributed by atoms with E-state index in [0.29, 0.717) is 22.3 Å². The first-order valence-electron chi connectivity index (χ1n) is 8.74. The number of carbonyl (C=O) groups excluding carboxylic acids is 1. The number of hydrogen-bond donors (Lipinski definition) is 0. The van der Waals surface area contributed by atoms with Gasteiger partial charge in [0.1, 0.15) is 29.2 Å². The van der Waals surface area contributed by atoms with E-state index in [0.717, 1.165) is 0 Å². The van der Waals surface area contributed by atoms with Crippen LogP contribution in [0, 0.1) is 5.82 Å². The lowest BCUT2D eigenvalue weighted by Gasteiger charge is -2.09. The van der Waals surface area contributed by atoms with E-state index in [2.05, 4.69) is 0 Å². The van der Waals surface area contributed by atoms with Crippen LogP contribution in [0.5, 0.6) is 11.5 Å². The van der Waals surface area contributed by atoms with E-state index in [9.17, 15) is 14.0 Å². The number of ether oxygens (including phenoxy) is 2. The Labute approximate surface area is 164 Å². The van der Waals surface area contributed by atoms with Crippen molar-refractivity contribution in [2.45, 2.75) is 0 Å². The number of hydrogen-bond acceptors (Lipinski definition) is 5. The number of fused-ring (bicyclic) bond motifs is 1. The third-order valence-corrected chi connectivity index (χ3v) is 4.45. The Morgan fingerprint density at radius 2 is 1.72 bits per heavy atom. The Morgan fingerprint density at radius 1 is 0.966 bits per heavy atom. The van der Waals surface area contributed by atoms with Crippen molar-refractivity contribution in [3.63, 3.8) is 0 Å². The molecule has 1 heterocycles. The Morgan fingerprint density at radius 3 is 2.52 bits per heavy atom. The Hall–Kier alpha value is -3.93. The first-order chi connectivity index (χ1) is 14.1. The number of carbonyl (C=O) groups is 1. The van der Waals surface area contributed by atoms with Crippen LogP contribution >= 0.6 is 0 Å². The molecule has 0 saturated heterocycles. The maximum Gasteiger partial charge on any atom is 0.346 e. The Bertz CT molecular complexity index is 1280. The highest BCUT2D eigenvalue weighted by molar-refractivity contribution is 5.92. The molecule has 3 aromatic carbocycles. The molecule has 0 aliphatic heterocycles. The number of benzene rings is 3. The van der Waals surface area contributed by atoms with E-state index in [4.69, 9.17) is 13.9 Å². The van der Waals surface area contributed by atoms with Gasteiger partial charge in [0.25, 0.3) is 0 Å². The SMILES string of the molecule is COc1ccccc1-c1coc2cc(OC(=O)c3ccccc3F)ccc2c1=O. The fraction of sp³-hybridized carbons (Fsp3) is 0.0435. The van der Waals surface area contributed by atoms with Crippen LogP contribution in [0.4, 0.5) is 4.39 Å². The zero-order chi connectivity index (χ0) is 20.4. The quantitative estimate of drug-likeness (QED) is 0.369. The molecule has 0 N–H and O–H groups in total. The van der Waals surface area contributed by atoms with Crippen molar-refractivity contribution in [2.24, 2.45) is 0 Å². The van der Waals surface area contributed by atoms with Gasteiger partial charge < -0.3 is 13.9 Å². The molecule has 4 aromatic rings. The fourth-order valence-electron chi connectivity index (χ4n) is 3.01. The standard InChI is InChI=1S/C23H15FO5/c1-27-20-9-5-3-6-15(20)18-13-28-21-12-14(10-11-17(21)22(18)25)29-23(26)16-7-2-4-8-19(16)24/h2-13H,1H3. The lowest BCUT2D eigenvalue weighted by Crippen LogP contribution is -2.11. The van der Waals surface area contributed by atoms with Crippen molar-refractivity contribution in [1.29, 1.82) is 0 Å². The maximum absolute atomic E-state index is 13.7. The summed E-state index contributed by atoms with van der Waals surface area (Å²) in [6, 6.07) is 17.0. The van der Waals surface area contributed by atoms with Gasteiger partial charge in [0.2, 0.25) is 5.43 Å². The first kappa shape index (κ1) is 18.4. The van der Waals surface area contributed by atoms with Crippen LogP contribution in [0.15, 0.2) is 82.2 Å². The molecule has 0 radical (unpaired) electrons. The summed E-state index contributed by atoms with van der Waals surface area (Å²) in [5, 5.41) is 0.319. The van der Waals surface area contributed by atoms with Crippen LogP contribution in [-0.4, -0.2) is 13.1 Å². The summed E-state index contributed by atoms with van der Waals surface area (Å²) < 4.78 is 29.9. The largest absolute Gasteiger partial charge is 0.496 e. The predicted molar refractivity (Wildman–Crippen MR) is 106 cm³/mol. The van der Waals surface area contributed by atoms with E-state index in [1.807, 2.05) is 0 Å². The van der Waals surface area contributed by atoms with Crippen molar-refractivity contribution in [1.82, 2.24) is 0 Å². The van der Waals surface area contributed by atoms with Crippen LogP contribution in [0.25, 0.3) is 22.1 Å². The molecule has 5 nitrogen and oxygen atoms in total. The van der Waals surface area contributed by atoms with Crippen LogP contribution in [0.1, 0.15) is 10.4 Å². The lowest BCUT2D eigenvalue weighted by molar-refractivity contribution is 0.0730. The molecular weight excluding hydrogens is 375 g/mol. The van der Waals surface area contributed by atoms with E-state index in [-0.39, 0.29) is 22.3 Å². The Balaban J connectivity index is 1.70. The molecule has 0 bridgehead atoms. The zero-order valence-corrected chi connectivity index (χ0v) is 15.3. The minimum absolute atomic E-state index is 0.138. The Kier molecular flexibility index (Phi) is 4.83. The molecule has 144 valence electrons. The summed E-state index contributed by atoms with van der Waals surface area (Å²) in [5.41, 5.74) is 0.780. The van der Waals surface area contributed by atoms with Crippen molar-refractivity contribution < 1.29 is 23.1 Å². The number of methoxy groups -OCH3 is 1. The molecule has 0 aliphatic carbocycles. The smallest absolute Gasteiger partial charge is 0.346 e. The second-order valence-corrected chi connectivity index (χ2v) is 6.21. The van der Waals surface area contributed by atoms with Crippen LogP contribution in [-0.2, 0) is 0 Å². The van der Waals surface area contributed by atoms with Crippen molar-refractivity contribution in [3.8, 4) is 22.6 Å². The average molecular weight is 390 g/mol. The third-order valence-electron chi connectivity index (χ3n) is 4.45. The number of halogens is 1. The molecule has 1 aromatic heterocycles. The van der Waals surface area contributed by atoms with E-state index in [1.54, 1.807) is 30.3 Å². The summed E-state index contributed by atoms with van der Waals surface area (Å²) >= 11 is 0. The minimum Gasteiger partial charge on any atom is -0.496 e. The van der Waals surface area contributed by atoms with Gasteiger partial charge in [-0.25, -0.2) is 9.18 Å². The minimum atomic E-state index is -0.838. The summed E-state index contributed by atoms with van der Waals surface area (Å²) in [4.78, 5) is 25.1. The second kappa shape index (κ2) is 7.59. The van der Waals surface area contributed by atoms with E-state index < -0.39 is 11.8 Å². The van der Waals surface area contributed by atoms with Crippen LogP contribution < -0.4 is 14.9 Å². The third kappa shape index (κ3) is 3.48. The lowest BCUT2D eigenvalue weighted by atomic mass is 10.0. The van der Waals surface area contributed by atoms with Gasteiger partial charge in [0, 0.05) is 11.6 Å². The molecule has 0 amide bonds. The van der Waals surface area contributed by atoms with Gasteiger partial charge in [-0.3, -0.25) is 4.79 Å². The summed E-state index contributed by atoms with van der Waals surface area (Å²) in [7, 11) is 1.53. The number of para-hydroxylation sites is 1. The molecule has 6 heteroatoms. The van der Waals surface area contributed by atoms with Gasteiger partial charge in [-0.2, -0.15) is 0 Å². The van der Waals surface area contributed by atoms with Crippen molar-refractivity contribution in [3.05, 3.63) is 94.6 Å². The highest BCUT2D eigenvalue weighted by Crippen LogP contribution is 2.29. The maximum atomic E-state index is 13.7. The predicted octanol–water partition coefficient (Wildman–Crippen LogP) is 4.83. The van der Waals surface area contributed by atoms with E-state index >= 15 is 0 Å². The molecule has 4 rings (SSSR count). The molecule has 0 atom stereocenters. The van der Waals surface area contributed by atoms with Gasteiger partial charge in [-0.15, -0.1) is 0 Å². The first-order valence-corrected chi connectivity index (χ1v) is 8.74. The van der Waals surface area contributed by atoms with Gasteiger partial charge in [0.15, 0.2) is 0 Å². The monoisotopic (exact) mass is 390 g/mol. The van der Waals surface area contributed by atoms with Crippen LogP contribution in [0.3, 0.4) is 0 Å². The zero-order valence-electron chi connectivity index (χ0n) is 15.3. The van der Waals surface area contributed by atoms with E-state index in [1.165, 1.54) is 49.8 Å². The molecule has 0 aliphatic rings. The second-order valence-electron chi connectivity index (χ2n) is 6.21. The van der Waals surface area contributed by atoms with Gasteiger partial charge >= 0.3 is 5.97 Å². The number of esters is 1. The molecule has 0 spiro atoms. The molecular formula is C23H15FO5. The van der Waals surface area contributed by atoms with Crippen molar-refractivity contribution >= 4 is 16.9 Å². The van der Waals surface area contributed by atoms with Gasteiger partial charge in [-0.1, -0.05) is 30.3 Å². The van der Waals surface area contributed by atoms with Gasteiger partial charge in [-0.05, 0) is 30.3 Å². The summed E-state index contributed by atoms with van der Waals surface area (Å²) in [6.45, 7) is 0. The van der Waals surface area contributed by atoms with Crippen LogP contribution in [0.2, 0.25) is 0 Å². The highest BCUT2D eigenvalue weighted by Gasteiger charge is 2.16. The summed E-state index contributed by atoms with van der Waals surface area (Å²) in [6.07, 6.45) is 1.34. The molecule has 0 fully saturated rings.